The van der Waals surface area contributed by atoms with Crippen molar-refractivity contribution in [1.29, 1.82) is 0 Å². The summed E-state index contributed by atoms with van der Waals surface area (Å²) < 4.78 is 11.9. The molecule has 0 radical (unpaired) electrons. The molecule has 1 saturated heterocycles. The predicted octanol–water partition coefficient (Wildman–Crippen LogP) is 2.60. The van der Waals surface area contributed by atoms with E-state index in [2.05, 4.69) is 33.9 Å². The molecule has 0 saturated carbocycles. The Balaban J connectivity index is 2.91. The Bertz CT molecular complexity index is 441. The van der Waals surface area contributed by atoms with Gasteiger partial charge in [0.1, 0.15) is 5.60 Å². The second-order valence-corrected chi connectivity index (χ2v) is 14.0. The molecule has 1 heterocycles. The molecule has 0 bridgehead atoms. The molecule has 3 atom stereocenters. The predicted molar refractivity (Wildman–Crippen MR) is 96.5 cm³/mol. The summed E-state index contributed by atoms with van der Waals surface area (Å²) in [5.74, 6) is -0.309. The fraction of sp³-hybridized carbons (Fsp3) is 0.941. The van der Waals surface area contributed by atoms with Crippen molar-refractivity contribution < 1.29 is 24.2 Å². The third-order valence-corrected chi connectivity index (χ3v) is 9.40. The van der Waals surface area contributed by atoms with Crippen LogP contribution in [0.1, 0.15) is 41.5 Å². The third-order valence-electron chi connectivity index (χ3n) is 4.89. The quantitative estimate of drug-likeness (QED) is 0.753. The lowest BCUT2D eigenvalue weighted by Crippen LogP contribution is -2.48. The van der Waals surface area contributed by atoms with E-state index in [1.807, 2.05) is 20.8 Å². The van der Waals surface area contributed by atoms with Crippen LogP contribution in [-0.4, -0.2) is 67.0 Å². The SMILES string of the molecule is CC(C)(C)OC(=O)N1CC(O[Si](C)(C)C(C)(C)C)C([C@@H](O)CO)C1. The van der Waals surface area contributed by atoms with Crippen molar-refractivity contribution in [2.24, 2.45) is 5.92 Å². The topological polar surface area (TPSA) is 79.2 Å². The second kappa shape index (κ2) is 7.31. The van der Waals surface area contributed by atoms with Crippen LogP contribution in [0.25, 0.3) is 0 Å². The summed E-state index contributed by atoms with van der Waals surface area (Å²) in [7, 11) is -2.05. The highest BCUT2D eigenvalue weighted by Crippen LogP contribution is 2.39. The van der Waals surface area contributed by atoms with Gasteiger partial charge in [0.15, 0.2) is 8.32 Å². The lowest BCUT2D eigenvalue weighted by molar-refractivity contribution is 0.00978. The van der Waals surface area contributed by atoms with Gasteiger partial charge in [-0.3, -0.25) is 0 Å². The van der Waals surface area contributed by atoms with Gasteiger partial charge >= 0.3 is 6.09 Å². The van der Waals surface area contributed by atoms with Gasteiger partial charge in [0.05, 0.1) is 18.8 Å². The van der Waals surface area contributed by atoms with E-state index in [9.17, 15) is 15.0 Å². The molecule has 0 aromatic carbocycles. The first-order chi connectivity index (χ1) is 10.7. The molecule has 2 unspecified atom stereocenters. The third kappa shape index (κ3) is 5.44. The zero-order valence-electron chi connectivity index (χ0n) is 16.4. The van der Waals surface area contributed by atoms with Gasteiger partial charge < -0.3 is 24.3 Å². The van der Waals surface area contributed by atoms with Gasteiger partial charge in [-0.1, -0.05) is 20.8 Å². The molecule has 0 spiro atoms. The number of carbonyl (C=O) groups excluding carboxylic acids is 1. The summed E-state index contributed by atoms with van der Waals surface area (Å²) in [5.41, 5.74) is -0.569. The Morgan fingerprint density at radius 2 is 1.75 bits per heavy atom. The molecule has 0 aliphatic carbocycles. The standard InChI is InChI=1S/C17H35NO5Si/c1-16(2,3)22-15(21)18-9-12(13(20)11-19)14(10-18)23-24(7,8)17(4,5)6/h12-14,19-20H,9-11H2,1-8H3/t12?,13-,14?/m0/s1. The zero-order valence-corrected chi connectivity index (χ0v) is 17.4. The monoisotopic (exact) mass is 361 g/mol. The van der Waals surface area contributed by atoms with Crippen molar-refractivity contribution in [2.75, 3.05) is 19.7 Å². The van der Waals surface area contributed by atoms with Crippen molar-refractivity contribution in [3.63, 3.8) is 0 Å². The smallest absolute Gasteiger partial charge is 0.410 e. The number of amides is 1. The van der Waals surface area contributed by atoms with Crippen LogP contribution >= 0.6 is 0 Å². The molecule has 7 heteroatoms. The Kier molecular flexibility index (Phi) is 6.52. The van der Waals surface area contributed by atoms with Crippen LogP contribution in [0.2, 0.25) is 18.1 Å². The number of ether oxygens (including phenoxy) is 1. The minimum absolute atomic E-state index is 0.0288. The highest BCUT2D eigenvalue weighted by Gasteiger charge is 2.46. The van der Waals surface area contributed by atoms with Gasteiger partial charge in [0.25, 0.3) is 0 Å². The number of hydrogen-bond donors (Lipinski definition) is 2. The molecule has 1 aliphatic rings. The average molecular weight is 362 g/mol. The van der Waals surface area contributed by atoms with E-state index in [0.29, 0.717) is 13.1 Å². The fourth-order valence-electron chi connectivity index (χ4n) is 2.46. The number of hydrogen-bond acceptors (Lipinski definition) is 5. The van der Waals surface area contributed by atoms with E-state index < -0.39 is 26.1 Å². The molecular weight excluding hydrogens is 326 g/mol. The van der Waals surface area contributed by atoms with E-state index in [1.54, 1.807) is 4.90 Å². The molecule has 1 fully saturated rings. The van der Waals surface area contributed by atoms with E-state index in [0.717, 1.165) is 0 Å². The summed E-state index contributed by atoms with van der Waals surface area (Å²) in [6, 6.07) is 0. The van der Waals surface area contributed by atoms with Gasteiger partial charge in [-0.05, 0) is 38.9 Å². The average Bonchev–Trinajstić information content (AvgIpc) is 2.77. The molecule has 2 N–H and O–H groups in total. The van der Waals surface area contributed by atoms with Crippen molar-refractivity contribution in [3.05, 3.63) is 0 Å². The van der Waals surface area contributed by atoms with E-state index in [-0.39, 0.29) is 23.7 Å². The van der Waals surface area contributed by atoms with Crippen LogP contribution in [0.5, 0.6) is 0 Å². The lowest BCUT2D eigenvalue weighted by atomic mass is 10.00. The van der Waals surface area contributed by atoms with Crippen molar-refractivity contribution in [1.82, 2.24) is 4.90 Å². The molecule has 0 aromatic rings. The summed E-state index contributed by atoms with van der Waals surface area (Å²) in [6.45, 7) is 16.6. The van der Waals surface area contributed by atoms with E-state index in [4.69, 9.17) is 9.16 Å². The number of nitrogens with zero attached hydrogens (tertiary/aromatic N) is 1. The molecular formula is C17H35NO5Si. The molecule has 6 nitrogen and oxygen atoms in total. The Hall–Kier alpha value is -0.633. The minimum Gasteiger partial charge on any atom is -0.444 e. The van der Waals surface area contributed by atoms with Gasteiger partial charge in [-0.25, -0.2) is 4.79 Å². The van der Waals surface area contributed by atoms with Crippen LogP contribution in [0.15, 0.2) is 0 Å². The van der Waals surface area contributed by atoms with E-state index >= 15 is 0 Å². The van der Waals surface area contributed by atoms with Crippen molar-refractivity contribution in [3.8, 4) is 0 Å². The summed E-state index contributed by atoms with van der Waals surface area (Å²) in [4.78, 5) is 13.9. The highest BCUT2D eigenvalue weighted by molar-refractivity contribution is 6.74. The summed E-state index contributed by atoms with van der Waals surface area (Å²) in [6.07, 6.45) is -1.60. The summed E-state index contributed by atoms with van der Waals surface area (Å²) in [5, 5.41) is 19.5. The first kappa shape index (κ1) is 21.4. The second-order valence-electron chi connectivity index (χ2n) is 9.22. The first-order valence-corrected chi connectivity index (χ1v) is 11.5. The van der Waals surface area contributed by atoms with Crippen LogP contribution in [0.4, 0.5) is 4.79 Å². The zero-order chi connectivity index (χ0) is 18.9. The molecule has 24 heavy (non-hydrogen) atoms. The fourth-order valence-corrected chi connectivity index (χ4v) is 3.82. The molecule has 1 aliphatic heterocycles. The van der Waals surface area contributed by atoms with Gasteiger partial charge in [-0.15, -0.1) is 0 Å². The normalized spacial score (nSPS) is 24.2. The number of aliphatic hydroxyl groups excluding tert-OH is 2. The molecule has 1 rings (SSSR count). The molecule has 1 amide bonds. The maximum absolute atomic E-state index is 12.3. The Morgan fingerprint density at radius 1 is 1.21 bits per heavy atom. The van der Waals surface area contributed by atoms with Crippen LogP contribution in [0.3, 0.4) is 0 Å². The van der Waals surface area contributed by atoms with Crippen molar-refractivity contribution >= 4 is 14.4 Å². The Morgan fingerprint density at radius 3 is 2.17 bits per heavy atom. The van der Waals surface area contributed by atoms with Gasteiger partial charge in [-0.2, -0.15) is 0 Å². The molecule has 0 aromatic heterocycles. The van der Waals surface area contributed by atoms with E-state index in [1.165, 1.54) is 0 Å². The summed E-state index contributed by atoms with van der Waals surface area (Å²) >= 11 is 0. The maximum atomic E-state index is 12.3. The number of aliphatic hydroxyl groups is 2. The largest absolute Gasteiger partial charge is 0.444 e. The van der Waals surface area contributed by atoms with Crippen LogP contribution < -0.4 is 0 Å². The van der Waals surface area contributed by atoms with Gasteiger partial charge in [0, 0.05) is 19.0 Å². The molecule has 142 valence electrons. The lowest BCUT2D eigenvalue weighted by Gasteiger charge is -2.40. The van der Waals surface area contributed by atoms with Gasteiger partial charge in [0.2, 0.25) is 0 Å². The van der Waals surface area contributed by atoms with Crippen LogP contribution in [-0.2, 0) is 9.16 Å². The number of likely N-dealkylation sites (tertiary alicyclic amines) is 1. The minimum atomic E-state index is -2.05. The van der Waals surface area contributed by atoms with Crippen LogP contribution in [0, 0.1) is 5.92 Å². The highest BCUT2D eigenvalue weighted by atomic mass is 28.4. The van der Waals surface area contributed by atoms with Crippen molar-refractivity contribution in [2.45, 2.75) is 77.5 Å². The first-order valence-electron chi connectivity index (χ1n) is 8.62. The maximum Gasteiger partial charge on any atom is 0.410 e. The number of rotatable bonds is 4. The Labute approximate surface area is 147 Å². The number of carbonyl (C=O) groups is 1.